The molecule has 0 spiro atoms. The number of amides is 2. The number of nitrogens with zero attached hydrogens (tertiary/aromatic N) is 2. The van der Waals surface area contributed by atoms with E-state index in [1.165, 1.54) is 16.2 Å². The summed E-state index contributed by atoms with van der Waals surface area (Å²) >= 11 is 5.34. The molecule has 4 rings (SSSR count). The van der Waals surface area contributed by atoms with Crippen molar-refractivity contribution in [3.8, 4) is 0 Å². The van der Waals surface area contributed by atoms with Gasteiger partial charge in [-0.2, -0.15) is 0 Å². The second-order valence-electron chi connectivity index (χ2n) is 9.54. The zero-order chi connectivity index (χ0) is 23.4. The number of aryl methyl sites for hydroxylation is 2. The monoisotopic (exact) mass is 447 g/mol. The van der Waals surface area contributed by atoms with Gasteiger partial charge in [0.2, 0.25) is 0 Å². The zero-order valence-electron chi connectivity index (χ0n) is 19.4. The van der Waals surface area contributed by atoms with Gasteiger partial charge in [0.25, 0.3) is 11.8 Å². The first kappa shape index (κ1) is 22.2. The van der Waals surface area contributed by atoms with Crippen LogP contribution in [-0.2, 0) is 9.59 Å². The molecule has 0 saturated carbocycles. The number of anilines is 2. The van der Waals surface area contributed by atoms with Crippen molar-refractivity contribution in [2.45, 2.75) is 52.5 Å². The standard InChI is InChI=1S/C26H29N3O2S/c1-15-7-9-21(16(2)11-15)29-24(31)20(23(30)27-25(29)32)13-18-8-10-22-19(12-18)17(3)14-26(4,5)28(22)6/h7-13,17H,14H2,1-6H3,(H,27,30,32)/b20-13+. The van der Waals surface area contributed by atoms with Crippen LogP contribution >= 0.6 is 12.2 Å². The summed E-state index contributed by atoms with van der Waals surface area (Å²) in [5.41, 5.74) is 6.10. The van der Waals surface area contributed by atoms with Gasteiger partial charge in [-0.15, -0.1) is 0 Å². The molecular weight excluding hydrogens is 418 g/mol. The summed E-state index contributed by atoms with van der Waals surface area (Å²) in [5, 5.41) is 2.78. The highest BCUT2D eigenvalue weighted by Gasteiger charge is 2.36. The number of fused-ring (bicyclic) bond motifs is 1. The Bertz CT molecular complexity index is 1180. The predicted octanol–water partition coefficient (Wildman–Crippen LogP) is 4.86. The van der Waals surface area contributed by atoms with Crippen LogP contribution in [0.3, 0.4) is 0 Å². The van der Waals surface area contributed by atoms with Crippen molar-refractivity contribution in [2.24, 2.45) is 0 Å². The van der Waals surface area contributed by atoms with Crippen LogP contribution in [0.1, 0.15) is 55.4 Å². The highest BCUT2D eigenvalue weighted by molar-refractivity contribution is 7.80. The normalized spacial score (nSPS) is 21.6. The van der Waals surface area contributed by atoms with Gasteiger partial charge in [-0.1, -0.05) is 30.7 Å². The Balaban J connectivity index is 1.74. The molecular formula is C26H29N3O2S. The molecule has 166 valence electrons. The highest BCUT2D eigenvalue weighted by atomic mass is 32.1. The van der Waals surface area contributed by atoms with Gasteiger partial charge in [0.15, 0.2) is 5.11 Å². The molecule has 2 heterocycles. The summed E-state index contributed by atoms with van der Waals surface area (Å²) in [7, 11) is 2.11. The Kier molecular flexibility index (Phi) is 5.45. The van der Waals surface area contributed by atoms with Gasteiger partial charge in [-0.3, -0.25) is 19.8 Å². The van der Waals surface area contributed by atoms with Crippen LogP contribution in [0.2, 0.25) is 0 Å². The van der Waals surface area contributed by atoms with E-state index in [0.717, 1.165) is 23.1 Å². The van der Waals surface area contributed by atoms with Crippen LogP contribution in [0.15, 0.2) is 42.0 Å². The Morgan fingerprint density at radius 3 is 2.47 bits per heavy atom. The molecule has 2 aliphatic rings. The fourth-order valence-corrected chi connectivity index (χ4v) is 5.06. The van der Waals surface area contributed by atoms with E-state index in [1.807, 2.05) is 38.1 Å². The lowest BCUT2D eigenvalue weighted by Gasteiger charge is -2.45. The smallest absolute Gasteiger partial charge is 0.270 e. The average molecular weight is 448 g/mol. The van der Waals surface area contributed by atoms with Crippen molar-refractivity contribution >= 4 is 46.6 Å². The molecule has 2 aromatic rings. The molecule has 2 aromatic carbocycles. The summed E-state index contributed by atoms with van der Waals surface area (Å²) in [6.45, 7) is 10.6. The maximum atomic E-state index is 13.4. The number of thiocarbonyl (C=S) groups is 1. The minimum absolute atomic E-state index is 0.0771. The van der Waals surface area contributed by atoms with Crippen LogP contribution < -0.4 is 15.1 Å². The Labute approximate surface area is 195 Å². The second-order valence-corrected chi connectivity index (χ2v) is 9.93. The summed E-state index contributed by atoms with van der Waals surface area (Å²) < 4.78 is 0. The van der Waals surface area contributed by atoms with Crippen LogP contribution in [0, 0.1) is 13.8 Å². The molecule has 1 unspecified atom stereocenters. The lowest BCUT2D eigenvalue weighted by atomic mass is 9.80. The highest BCUT2D eigenvalue weighted by Crippen LogP contribution is 2.42. The van der Waals surface area contributed by atoms with E-state index in [9.17, 15) is 9.59 Å². The topological polar surface area (TPSA) is 52.7 Å². The predicted molar refractivity (Wildman–Crippen MR) is 134 cm³/mol. The van der Waals surface area contributed by atoms with Gasteiger partial charge in [0.1, 0.15) is 5.57 Å². The van der Waals surface area contributed by atoms with Crippen molar-refractivity contribution in [3.63, 3.8) is 0 Å². The van der Waals surface area contributed by atoms with Crippen LogP contribution in [-0.4, -0.2) is 29.5 Å². The average Bonchev–Trinajstić information content (AvgIpc) is 2.70. The molecule has 0 aromatic heterocycles. The summed E-state index contributed by atoms with van der Waals surface area (Å²) in [6.07, 6.45) is 2.70. The van der Waals surface area contributed by atoms with Crippen LogP contribution in [0.25, 0.3) is 6.08 Å². The van der Waals surface area contributed by atoms with E-state index in [-0.39, 0.29) is 16.2 Å². The molecule has 0 radical (unpaired) electrons. The molecule has 1 saturated heterocycles. The number of rotatable bonds is 2. The number of carbonyl (C=O) groups is 2. The molecule has 0 aliphatic carbocycles. The fraction of sp³-hybridized carbons (Fsp3) is 0.346. The summed E-state index contributed by atoms with van der Waals surface area (Å²) in [4.78, 5) is 29.8. The van der Waals surface area contributed by atoms with E-state index in [2.05, 4.69) is 50.2 Å². The van der Waals surface area contributed by atoms with E-state index in [0.29, 0.717) is 11.6 Å². The third-order valence-corrected chi connectivity index (χ3v) is 6.95. The summed E-state index contributed by atoms with van der Waals surface area (Å²) in [6, 6.07) is 11.9. The van der Waals surface area contributed by atoms with Crippen LogP contribution in [0.5, 0.6) is 0 Å². The van der Waals surface area contributed by atoms with Gasteiger partial charge >= 0.3 is 0 Å². The molecule has 5 nitrogen and oxygen atoms in total. The van der Waals surface area contributed by atoms with Gasteiger partial charge in [-0.05, 0) is 93.2 Å². The number of benzene rings is 2. The minimum atomic E-state index is -0.468. The Morgan fingerprint density at radius 2 is 1.78 bits per heavy atom. The third-order valence-electron chi connectivity index (χ3n) is 6.66. The van der Waals surface area contributed by atoms with Crippen molar-refractivity contribution < 1.29 is 9.59 Å². The third kappa shape index (κ3) is 3.73. The molecule has 1 fully saturated rings. The number of carbonyl (C=O) groups excluding carboxylic acids is 2. The molecule has 0 bridgehead atoms. The van der Waals surface area contributed by atoms with Crippen LogP contribution in [0.4, 0.5) is 11.4 Å². The number of hydrogen-bond donors (Lipinski definition) is 1. The van der Waals surface area contributed by atoms with Gasteiger partial charge in [0.05, 0.1) is 5.69 Å². The first-order valence-corrected chi connectivity index (χ1v) is 11.3. The van der Waals surface area contributed by atoms with Crippen molar-refractivity contribution in [3.05, 3.63) is 64.2 Å². The van der Waals surface area contributed by atoms with Gasteiger partial charge in [0, 0.05) is 18.3 Å². The first-order chi connectivity index (χ1) is 15.0. The SMILES string of the molecule is Cc1ccc(N2C(=O)/C(=C/c3ccc4c(c3)C(C)CC(C)(C)N4C)C(=O)NC2=S)c(C)c1. The Hall–Kier alpha value is -2.99. The van der Waals surface area contributed by atoms with E-state index < -0.39 is 11.8 Å². The molecule has 32 heavy (non-hydrogen) atoms. The zero-order valence-corrected chi connectivity index (χ0v) is 20.3. The van der Waals surface area contributed by atoms with E-state index in [4.69, 9.17) is 12.2 Å². The van der Waals surface area contributed by atoms with E-state index >= 15 is 0 Å². The maximum absolute atomic E-state index is 13.4. The molecule has 1 atom stereocenters. The number of nitrogens with one attached hydrogen (secondary N) is 1. The van der Waals surface area contributed by atoms with Crippen molar-refractivity contribution in [1.82, 2.24) is 5.32 Å². The van der Waals surface area contributed by atoms with Crippen molar-refractivity contribution in [2.75, 3.05) is 16.8 Å². The minimum Gasteiger partial charge on any atom is -0.369 e. The maximum Gasteiger partial charge on any atom is 0.270 e. The molecule has 6 heteroatoms. The molecule has 2 amide bonds. The number of hydrogen-bond acceptors (Lipinski definition) is 4. The second kappa shape index (κ2) is 7.85. The Morgan fingerprint density at radius 1 is 1.09 bits per heavy atom. The molecule has 1 N–H and O–H groups in total. The fourth-order valence-electron chi connectivity index (χ4n) is 4.78. The van der Waals surface area contributed by atoms with E-state index in [1.54, 1.807) is 6.08 Å². The lowest BCUT2D eigenvalue weighted by molar-refractivity contribution is -0.122. The van der Waals surface area contributed by atoms with Gasteiger partial charge in [-0.25, -0.2) is 0 Å². The quantitative estimate of drug-likeness (QED) is 0.406. The molecule has 2 aliphatic heterocycles. The largest absolute Gasteiger partial charge is 0.369 e. The van der Waals surface area contributed by atoms with Crippen molar-refractivity contribution in [1.29, 1.82) is 0 Å². The lowest BCUT2D eigenvalue weighted by Crippen LogP contribution is -2.54. The van der Waals surface area contributed by atoms with Gasteiger partial charge < -0.3 is 4.90 Å². The first-order valence-electron chi connectivity index (χ1n) is 10.9. The summed E-state index contributed by atoms with van der Waals surface area (Å²) in [5.74, 6) is -0.496.